The monoisotopic (exact) mass is 312 g/mol. The number of nitrogens with two attached hydrogens (primary N) is 1. The molecule has 0 saturated carbocycles. The smallest absolute Gasteiger partial charge is 0.214 e. The van der Waals surface area contributed by atoms with Gasteiger partial charge in [-0.3, -0.25) is 0 Å². The van der Waals surface area contributed by atoms with E-state index in [-0.39, 0.29) is 30.3 Å². The van der Waals surface area contributed by atoms with Crippen LogP contribution in [-0.4, -0.2) is 46.7 Å². The molecule has 0 amide bonds. The lowest BCUT2D eigenvalue weighted by atomic mass is 10.0. The minimum atomic E-state index is -3.41. The summed E-state index contributed by atoms with van der Waals surface area (Å²) in [5, 5.41) is -0.577. The number of hydrogen-bond acceptors (Lipinski definition) is 5. The van der Waals surface area contributed by atoms with Crippen molar-refractivity contribution in [1.29, 1.82) is 0 Å². The number of sulfonamides is 1. The van der Waals surface area contributed by atoms with E-state index in [9.17, 15) is 16.8 Å². The molecule has 1 unspecified atom stereocenters. The van der Waals surface area contributed by atoms with Crippen molar-refractivity contribution in [2.45, 2.75) is 37.9 Å². The summed E-state index contributed by atoms with van der Waals surface area (Å²) in [6.07, 6.45) is 2.06. The largest absolute Gasteiger partial charge is 0.330 e. The van der Waals surface area contributed by atoms with Crippen LogP contribution in [0.25, 0.3) is 0 Å². The van der Waals surface area contributed by atoms with Gasteiger partial charge in [-0.15, -0.1) is 0 Å². The highest BCUT2D eigenvalue weighted by Crippen LogP contribution is 2.19. The second-order valence-corrected chi connectivity index (χ2v) is 9.45. The van der Waals surface area contributed by atoms with Gasteiger partial charge in [0.2, 0.25) is 10.0 Å². The van der Waals surface area contributed by atoms with Gasteiger partial charge in [0.05, 0.1) is 16.8 Å². The molecule has 0 spiro atoms. The lowest BCUT2D eigenvalue weighted by Crippen LogP contribution is -2.41. The van der Waals surface area contributed by atoms with Crippen LogP contribution < -0.4 is 10.5 Å². The van der Waals surface area contributed by atoms with Crippen molar-refractivity contribution in [3.8, 4) is 0 Å². The molecule has 114 valence electrons. The summed E-state index contributed by atoms with van der Waals surface area (Å²) in [5.74, 6) is 0.184. The molecule has 6 nitrogen and oxygen atoms in total. The minimum Gasteiger partial charge on any atom is -0.330 e. The molecule has 0 bridgehead atoms. The Morgan fingerprint density at radius 3 is 2.37 bits per heavy atom. The van der Waals surface area contributed by atoms with Crippen LogP contribution in [0.2, 0.25) is 0 Å². The Hall–Kier alpha value is -0.180. The standard InChI is InChI=1S/C11H24N2O4S2/c1-2-10(3-6-12)9-13-19(16,17)11-4-7-18(14,15)8-5-11/h10-11,13H,2-9,12H2,1H3. The molecule has 1 saturated heterocycles. The van der Waals surface area contributed by atoms with E-state index in [2.05, 4.69) is 4.72 Å². The van der Waals surface area contributed by atoms with E-state index in [1.807, 2.05) is 6.92 Å². The van der Waals surface area contributed by atoms with E-state index in [0.717, 1.165) is 12.8 Å². The maximum Gasteiger partial charge on any atom is 0.214 e. The van der Waals surface area contributed by atoms with Crippen LogP contribution in [0, 0.1) is 5.92 Å². The molecule has 0 aromatic rings. The van der Waals surface area contributed by atoms with Crippen LogP contribution in [0.1, 0.15) is 32.6 Å². The summed E-state index contributed by atoms with van der Waals surface area (Å²) < 4.78 is 49.4. The van der Waals surface area contributed by atoms with Crippen LogP contribution >= 0.6 is 0 Å². The topological polar surface area (TPSA) is 106 Å². The summed E-state index contributed by atoms with van der Waals surface area (Å²) in [5.41, 5.74) is 5.47. The second kappa shape index (κ2) is 7.01. The molecule has 1 atom stereocenters. The van der Waals surface area contributed by atoms with Crippen LogP contribution in [-0.2, 0) is 19.9 Å². The average molecular weight is 312 g/mol. The van der Waals surface area contributed by atoms with E-state index >= 15 is 0 Å². The van der Waals surface area contributed by atoms with Gasteiger partial charge < -0.3 is 5.73 Å². The third-order valence-electron chi connectivity index (χ3n) is 3.67. The fourth-order valence-electron chi connectivity index (χ4n) is 2.22. The molecule has 0 radical (unpaired) electrons. The van der Waals surface area contributed by atoms with Crippen molar-refractivity contribution in [1.82, 2.24) is 4.72 Å². The first-order chi connectivity index (χ1) is 8.80. The average Bonchev–Trinajstić information content (AvgIpc) is 2.34. The molecule has 0 aliphatic carbocycles. The molecule has 1 aliphatic heterocycles. The third-order valence-corrected chi connectivity index (χ3v) is 7.30. The number of hydrogen-bond donors (Lipinski definition) is 2. The van der Waals surface area contributed by atoms with Crippen molar-refractivity contribution in [3.63, 3.8) is 0 Å². The van der Waals surface area contributed by atoms with Crippen LogP contribution in [0.4, 0.5) is 0 Å². The molecule has 1 aliphatic rings. The van der Waals surface area contributed by atoms with Gasteiger partial charge in [0.15, 0.2) is 0 Å². The number of rotatable bonds is 7. The van der Waals surface area contributed by atoms with Gasteiger partial charge in [-0.05, 0) is 31.7 Å². The van der Waals surface area contributed by atoms with Crippen molar-refractivity contribution in [2.24, 2.45) is 11.7 Å². The van der Waals surface area contributed by atoms with Gasteiger partial charge in [0, 0.05) is 6.54 Å². The first-order valence-corrected chi connectivity index (χ1v) is 10.1. The fourth-order valence-corrected chi connectivity index (χ4v) is 5.57. The Labute approximate surface area is 116 Å². The van der Waals surface area contributed by atoms with E-state index in [1.165, 1.54) is 0 Å². The molecule has 8 heteroatoms. The van der Waals surface area contributed by atoms with Gasteiger partial charge >= 0.3 is 0 Å². The number of nitrogens with one attached hydrogen (secondary N) is 1. The highest BCUT2D eigenvalue weighted by atomic mass is 32.2. The fraction of sp³-hybridized carbons (Fsp3) is 1.00. The first kappa shape index (κ1) is 16.9. The van der Waals surface area contributed by atoms with E-state index < -0.39 is 25.1 Å². The summed E-state index contributed by atoms with van der Waals surface area (Å²) in [4.78, 5) is 0. The molecular weight excluding hydrogens is 288 g/mol. The molecule has 1 rings (SSSR count). The Bertz CT molecular complexity index is 459. The van der Waals surface area contributed by atoms with E-state index in [0.29, 0.717) is 13.1 Å². The molecule has 0 aromatic carbocycles. The lowest BCUT2D eigenvalue weighted by molar-refractivity contribution is 0.461. The van der Waals surface area contributed by atoms with Crippen LogP contribution in [0.5, 0.6) is 0 Å². The summed E-state index contributed by atoms with van der Waals surface area (Å²) in [6, 6.07) is 0. The molecule has 0 aromatic heterocycles. The zero-order valence-corrected chi connectivity index (χ0v) is 13.0. The predicted octanol–water partition coefficient (Wildman–Crippen LogP) is -0.142. The van der Waals surface area contributed by atoms with Gasteiger partial charge in [-0.2, -0.15) is 0 Å². The molecule has 19 heavy (non-hydrogen) atoms. The highest BCUT2D eigenvalue weighted by molar-refractivity contribution is 7.92. The highest BCUT2D eigenvalue weighted by Gasteiger charge is 2.32. The Morgan fingerprint density at radius 2 is 1.89 bits per heavy atom. The maximum atomic E-state index is 12.1. The Kier molecular flexibility index (Phi) is 6.22. The lowest BCUT2D eigenvalue weighted by Gasteiger charge is -2.23. The summed E-state index contributed by atoms with van der Waals surface area (Å²) in [7, 11) is -6.44. The van der Waals surface area contributed by atoms with Gasteiger partial charge in [-0.25, -0.2) is 21.6 Å². The zero-order chi connectivity index (χ0) is 14.5. The quantitative estimate of drug-likeness (QED) is 0.680. The van der Waals surface area contributed by atoms with Crippen LogP contribution in [0.15, 0.2) is 0 Å². The summed E-state index contributed by atoms with van der Waals surface area (Å²) >= 11 is 0. The molecular formula is C11H24N2O4S2. The Morgan fingerprint density at radius 1 is 1.32 bits per heavy atom. The molecule has 3 N–H and O–H groups in total. The number of sulfone groups is 1. The normalized spacial score (nSPS) is 22.2. The van der Waals surface area contributed by atoms with Crippen molar-refractivity contribution in [2.75, 3.05) is 24.6 Å². The SMILES string of the molecule is CCC(CCN)CNS(=O)(=O)C1CCS(=O)(=O)CC1. The van der Waals surface area contributed by atoms with E-state index in [4.69, 9.17) is 5.73 Å². The maximum absolute atomic E-state index is 12.1. The third kappa shape index (κ3) is 5.37. The summed E-state index contributed by atoms with van der Waals surface area (Å²) in [6.45, 7) is 2.93. The van der Waals surface area contributed by atoms with Crippen molar-refractivity contribution in [3.05, 3.63) is 0 Å². The minimum absolute atomic E-state index is 0.0292. The first-order valence-electron chi connectivity index (χ1n) is 6.69. The zero-order valence-electron chi connectivity index (χ0n) is 11.3. The van der Waals surface area contributed by atoms with Crippen molar-refractivity contribution < 1.29 is 16.8 Å². The van der Waals surface area contributed by atoms with Gasteiger partial charge in [-0.1, -0.05) is 13.3 Å². The Balaban J connectivity index is 2.52. The predicted molar refractivity (Wildman–Crippen MR) is 76.1 cm³/mol. The van der Waals surface area contributed by atoms with E-state index in [1.54, 1.807) is 0 Å². The van der Waals surface area contributed by atoms with Gasteiger partial charge in [0.25, 0.3) is 0 Å². The second-order valence-electron chi connectivity index (χ2n) is 5.10. The van der Waals surface area contributed by atoms with Gasteiger partial charge in [0.1, 0.15) is 9.84 Å². The van der Waals surface area contributed by atoms with Crippen molar-refractivity contribution >= 4 is 19.9 Å². The molecule has 1 heterocycles. The van der Waals surface area contributed by atoms with Crippen LogP contribution in [0.3, 0.4) is 0 Å². The molecule has 1 fully saturated rings.